The van der Waals surface area contributed by atoms with Crippen LogP contribution in [-0.4, -0.2) is 20.6 Å². The predicted molar refractivity (Wildman–Crippen MR) is 55.7 cm³/mol. The lowest BCUT2D eigenvalue weighted by Gasteiger charge is -2.21. The highest BCUT2D eigenvalue weighted by Gasteiger charge is 2.21. The maximum Gasteiger partial charge on any atom is 0.303 e. The van der Waals surface area contributed by atoms with Gasteiger partial charge < -0.3 is 9.67 Å². The van der Waals surface area contributed by atoms with Crippen LogP contribution in [0, 0.1) is 5.92 Å². The summed E-state index contributed by atoms with van der Waals surface area (Å²) in [5.74, 6) is 0.696. The summed E-state index contributed by atoms with van der Waals surface area (Å²) in [5.41, 5.74) is 1.11. The summed E-state index contributed by atoms with van der Waals surface area (Å²) in [6, 6.07) is 0. The van der Waals surface area contributed by atoms with E-state index in [-0.39, 0.29) is 12.3 Å². The molecule has 1 atom stereocenters. The standard InChI is InChI=1S/C11H16N2O2/c1-2-9-7-13-6-8(5-11(14)15)3-4-10(13)12-9/h7-8H,2-6H2,1H3,(H,14,15). The number of hydrogen-bond acceptors (Lipinski definition) is 2. The second kappa shape index (κ2) is 4.04. The molecule has 1 aromatic rings. The van der Waals surface area contributed by atoms with Crippen LogP contribution in [-0.2, 0) is 24.2 Å². The minimum atomic E-state index is -0.695. The van der Waals surface area contributed by atoms with Gasteiger partial charge >= 0.3 is 5.97 Å². The quantitative estimate of drug-likeness (QED) is 0.818. The highest BCUT2D eigenvalue weighted by atomic mass is 16.4. The first-order chi connectivity index (χ1) is 7.19. The first-order valence-electron chi connectivity index (χ1n) is 5.45. The predicted octanol–water partition coefficient (Wildman–Crippen LogP) is 1.48. The van der Waals surface area contributed by atoms with Crippen molar-refractivity contribution in [2.24, 2.45) is 5.92 Å². The van der Waals surface area contributed by atoms with Gasteiger partial charge in [0.15, 0.2) is 0 Å². The minimum absolute atomic E-state index is 0.272. The summed E-state index contributed by atoms with van der Waals surface area (Å²) < 4.78 is 2.12. The van der Waals surface area contributed by atoms with E-state index in [2.05, 4.69) is 22.7 Å². The summed E-state index contributed by atoms with van der Waals surface area (Å²) in [5, 5.41) is 8.74. The van der Waals surface area contributed by atoms with Gasteiger partial charge in [-0.25, -0.2) is 4.98 Å². The average molecular weight is 208 g/mol. The van der Waals surface area contributed by atoms with E-state index in [0.717, 1.165) is 37.3 Å². The van der Waals surface area contributed by atoms with Crippen molar-refractivity contribution in [2.75, 3.05) is 0 Å². The van der Waals surface area contributed by atoms with Crippen molar-refractivity contribution >= 4 is 5.97 Å². The van der Waals surface area contributed by atoms with Crippen LogP contribution in [0.3, 0.4) is 0 Å². The number of hydrogen-bond donors (Lipinski definition) is 1. The van der Waals surface area contributed by atoms with E-state index in [1.165, 1.54) is 0 Å². The molecule has 0 fully saturated rings. The molecule has 1 aromatic heterocycles. The Balaban J connectivity index is 2.08. The molecule has 1 N–H and O–H groups in total. The van der Waals surface area contributed by atoms with Gasteiger partial charge in [0.05, 0.1) is 5.69 Å². The monoisotopic (exact) mass is 208 g/mol. The van der Waals surface area contributed by atoms with Crippen molar-refractivity contribution in [3.8, 4) is 0 Å². The molecule has 0 bridgehead atoms. The zero-order valence-corrected chi connectivity index (χ0v) is 8.94. The van der Waals surface area contributed by atoms with Crippen molar-refractivity contribution in [1.29, 1.82) is 0 Å². The number of carboxylic acid groups (broad SMARTS) is 1. The Morgan fingerprint density at radius 1 is 1.73 bits per heavy atom. The van der Waals surface area contributed by atoms with Gasteiger partial charge in [0.1, 0.15) is 5.82 Å². The van der Waals surface area contributed by atoms with Crippen LogP contribution in [0.25, 0.3) is 0 Å². The van der Waals surface area contributed by atoms with E-state index in [9.17, 15) is 4.79 Å². The van der Waals surface area contributed by atoms with E-state index in [0.29, 0.717) is 0 Å². The van der Waals surface area contributed by atoms with Gasteiger partial charge in [0, 0.05) is 25.6 Å². The summed E-state index contributed by atoms with van der Waals surface area (Å²) in [6.45, 7) is 2.90. The minimum Gasteiger partial charge on any atom is -0.481 e. The fourth-order valence-electron chi connectivity index (χ4n) is 2.16. The number of carbonyl (C=O) groups is 1. The van der Waals surface area contributed by atoms with Crippen molar-refractivity contribution in [3.63, 3.8) is 0 Å². The Morgan fingerprint density at radius 2 is 2.53 bits per heavy atom. The van der Waals surface area contributed by atoms with E-state index in [4.69, 9.17) is 5.11 Å². The van der Waals surface area contributed by atoms with Crippen molar-refractivity contribution < 1.29 is 9.90 Å². The van der Waals surface area contributed by atoms with Gasteiger partial charge in [-0.05, 0) is 18.8 Å². The number of rotatable bonds is 3. The van der Waals surface area contributed by atoms with Gasteiger partial charge in [0.2, 0.25) is 0 Å². The van der Waals surface area contributed by atoms with E-state index in [1.807, 2.05) is 0 Å². The molecule has 2 rings (SSSR count). The van der Waals surface area contributed by atoms with E-state index < -0.39 is 5.97 Å². The molecule has 15 heavy (non-hydrogen) atoms. The second-order valence-corrected chi connectivity index (χ2v) is 4.16. The molecule has 0 aromatic carbocycles. The lowest BCUT2D eigenvalue weighted by molar-refractivity contribution is -0.138. The average Bonchev–Trinajstić information content (AvgIpc) is 2.58. The third-order valence-electron chi connectivity index (χ3n) is 2.97. The molecule has 0 spiro atoms. The summed E-state index contributed by atoms with van der Waals surface area (Å²) in [6.07, 6.45) is 5.15. The molecule has 4 nitrogen and oxygen atoms in total. The third kappa shape index (κ3) is 2.19. The molecular weight excluding hydrogens is 192 g/mol. The molecule has 0 saturated carbocycles. The molecule has 4 heteroatoms. The van der Waals surface area contributed by atoms with Crippen LogP contribution >= 0.6 is 0 Å². The highest BCUT2D eigenvalue weighted by molar-refractivity contribution is 5.67. The van der Waals surface area contributed by atoms with Crippen LogP contribution in [0.2, 0.25) is 0 Å². The molecule has 1 unspecified atom stereocenters. The van der Waals surface area contributed by atoms with Crippen LogP contribution in [0.4, 0.5) is 0 Å². The van der Waals surface area contributed by atoms with Crippen LogP contribution < -0.4 is 0 Å². The van der Waals surface area contributed by atoms with Gasteiger partial charge in [-0.2, -0.15) is 0 Å². The maximum absolute atomic E-state index is 10.6. The Hall–Kier alpha value is -1.32. The highest BCUT2D eigenvalue weighted by Crippen LogP contribution is 2.22. The van der Waals surface area contributed by atoms with Gasteiger partial charge in [-0.15, -0.1) is 0 Å². The number of carboxylic acids is 1. The molecule has 0 saturated heterocycles. The summed E-state index contributed by atoms with van der Waals surface area (Å²) in [7, 11) is 0. The molecule has 0 amide bonds. The Bertz CT molecular complexity index is 371. The number of aryl methyl sites for hydroxylation is 2. The maximum atomic E-state index is 10.6. The fourth-order valence-corrected chi connectivity index (χ4v) is 2.16. The number of aromatic nitrogens is 2. The molecule has 2 heterocycles. The molecule has 82 valence electrons. The van der Waals surface area contributed by atoms with E-state index in [1.54, 1.807) is 0 Å². The Morgan fingerprint density at radius 3 is 3.20 bits per heavy atom. The van der Waals surface area contributed by atoms with Crippen LogP contribution in [0.15, 0.2) is 6.20 Å². The third-order valence-corrected chi connectivity index (χ3v) is 2.97. The van der Waals surface area contributed by atoms with Crippen LogP contribution in [0.1, 0.15) is 31.3 Å². The zero-order chi connectivity index (χ0) is 10.8. The first-order valence-corrected chi connectivity index (χ1v) is 5.45. The SMILES string of the molecule is CCc1cn2c(n1)CCC(CC(=O)O)C2. The number of imidazole rings is 1. The number of aliphatic carboxylic acids is 1. The van der Waals surface area contributed by atoms with Crippen LogP contribution in [0.5, 0.6) is 0 Å². The molecule has 1 aliphatic rings. The molecule has 0 radical (unpaired) electrons. The smallest absolute Gasteiger partial charge is 0.303 e. The van der Waals surface area contributed by atoms with Gasteiger partial charge in [-0.3, -0.25) is 4.79 Å². The lowest BCUT2D eigenvalue weighted by Crippen LogP contribution is -2.22. The zero-order valence-electron chi connectivity index (χ0n) is 8.94. The van der Waals surface area contributed by atoms with Crippen molar-refractivity contribution in [2.45, 2.75) is 39.2 Å². The lowest BCUT2D eigenvalue weighted by atomic mass is 9.96. The molecule has 1 aliphatic heterocycles. The van der Waals surface area contributed by atoms with Crippen molar-refractivity contribution in [3.05, 3.63) is 17.7 Å². The number of nitrogens with zero attached hydrogens (tertiary/aromatic N) is 2. The molecule has 0 aliphatic carbocycles. The molecular formula is C11H16N2O2. The van der Waals surface area contributed by atoms with Gasteiger partial charge in [-0.1, -0.05) is 6.92 Å². The summed E-state index contributed by atoms with van der Waals surface area (Å²) >= 11 is 0. The largest absolute Gasteiger partial charge is 0.481 e. The Labute approximate surface area is 88.9 Å². The Kier molecular flexibility index (Phi) is 2.75. The van der Waals surface area contributed by atoms with Gasteiger partial charge in [0.25, 0.3) is 0 Å². The second-order valence-electron chi connectivity index (χ2n) is 4.16. The summed E-state index contributed by atoms with van der Waals surface area (Å²) in [4.78, 5) is 15.1. The van der Waals surface area contributed by atoms with Crippen molar-refractivity contribution in [1.82, 2.24) is 9.55 Å². The fraction of sp³-hybridized carbons (Fsp3) is 0.636. The van der Waals surface area contributed by atoms with E-state index >= 15 is 0 Å². The normalized spacial score (nSPS) is 19.9. The number of fused-ring (bicyclic) bond motifs is 1. The topological polar surface area (TPSA) is 55.1 Å². The first kappa shape index (κ1) is 10.2.